The predicted octanol–water partition coefficient (Wildman–Crippen LogP) is -0.516. The second-order valence-corrected chi connectivity index (χ2v) is 4.81. The van der Waals surface area contributed by atoms with Gasteiger partial charge in [-0.05, 0) is 23.8 Å². The maximum absolute atomic E-state index is 11.3. The topological polar surface area (TPSA) is 98.7 Å². The highest BCUT2D eigenvalue weighted by atomic mass is 32.2. The van der Waals surface area contributed by atoms with E-state index in [-0.39, 0.29) is 0 Å². The summed E-state index contributed by atoms with van der Waals surface area (Å²) in [6.07, 6.45) is 1.08. The molecular weight excluding hydrogens is 232 g/mol. The fraction of sp³-hybridized carbons (Fsp3) is 0.778. The van der Waals surface area contributed by atoms with Crippen LogP contribution in [0.1, 0.15) is 6.42 Å². The lowest BCUT2D eigenvalue weighted by Gasteiger charge is -2.14. The van der Waals surface area contributed by atoms with Crippen LogP contribution < -0.4 is 10.6 Å². The summed E-state index contributed by atoms with van der Waals surface area (Å²) in [5.41, 5.74) is 0. The van der Waals surface area contributed by atoms with Crippen LogP contribution in [0.4, 0.5) is 4.79 Å². The van der Waals surface area contributed by atoms with Gasteiger partial charge in [-0.15, -0.1) is 0 Å². The Hall–Kier alpha value is -0.950. The zero-order valence-corrected chi connectivity index (χ0v) is 9.63. The summed E-state index contributed by atoms with van der Waals surface area (Å²) in [4.78, 5) is 21.8. The van der Waals surface area contributed by atoms with E-state index in [0.29, 0.717) is 12.5 Å². The smallest absolute Gasteiger partial charge is 0.328 e. The molecule has 0 aromatic heterocycles. The van der Waals surface area contributed by atoms with Gasteiger partial charge in [-0.3, -0.25) is 0 Å². The molecule has 0 radical (unpaired) electrons. The van der Waals surface area contributed by atoms with Crippen LogP contribution in [-0.2, 0) is 4.79 Å². The normalized spacial score (nSPS) is 21.4. The van der Waals surface area contributed by atoms with Crippen molar-refractivity contribution in [2.75, 3.05) is 24.7 Å². The molecule has 0 bridgehead atoms. The van der Waals surface area contributed by atoms with E-state index in [1.54, 1.807) is 0 Å². The van der Waals surface area contributed by atoms with Crippen LogP contribution >= 0.6 is 11.8 Å². The summed E-state index contributed by atoms with van der Waals surface area (Å²) < 4.78 is 0. The van der Waals surface area contributed by atoms with E-state index < -0.39 is 24.6 Å². The lowest BCUT2D eigenvalue weighted by atomic mass is 10.1. The molecule has 2 atom stereocenters. The highest BCUT2D eigenvalue weighted by Crippen LogP contribution is 2.22. The van der Waals surface area contributed by atoms with E-state index in [2.05, 4.69) is 10.6 Å². The standard InChI is InChI=1S/C9H16N2O4S/c12-4-7(8(13)14)11-9(15)10-3-6-1-2-16-5-6/h6-7,12H,1-5H2,(H,13,14)(H2,10,11,15)/t6?,7-/m1/s1. The zero-order chi connectivity index (χ0) is 12.0. The first-order valence-corrected chi connectivity index (χ1v) is 6.24. The third kappa shape index (κ3) is 4.28. The van der Waals surface area contributed by atoms with Gasteiger partial charge in [0.1, 0.15) is 0 Å². The van der Waals surface area contributed by atoms with Crippen LogP contribution in [-0.4, -0.2) is 52.9 Å². The lowest BCUT2D eigenvalue weighted by Crippen LogP contribution is -2.48. The first kappa shape index (κ1) is 13.1. The summed E-state index contributed by atoms with van der Waals surface area (Å²) in [6, 6.07) is -1.78. The van der Waals surface area contributed by atoms with Crippen molar-refractivity contribution in [3.05, 3.63) is 0 Å². The average Bonchev–Trinajstić information content (AvgIpc) is 2.75. The molecular formula is C9H16N2O4S. The molecule has 6 nitrogen and oxygen atoms in total. The molecule has 0 spiro atoms. The number of aliphatic carboxylic acids is 1. The number of carbonyl (C=O) groups is 2. The van der Waals surface area contributed by atoms with E-state index in [1.165, 1.54) is 0 Å². The molecule has 0 saturated carbocycles. The molecule has 0 aromatic rings. The Labute approximate surface area is 97.8 Å². The molecule has 7 heteroatoms. The maximum atomic E-state index is 11.3. The van der Waals surface area contributed by atoms with E-state index in [9.17, 15) is 9.59 Å². The molecule has 1 rings (SSSR count). The molecule has 16 heavy (non-hydrogen) atoms. The predicted molar refractivity (Wildman–Crippen MR) is 60.5 cm³/mol. The van der Waals surface area contributed by atoms with Crippen molar-refractivity contribution in [1.29, 1.82) is 0 Å². The number of nitrogens with one attached hydrogen (secondary N) is 2. The molecule has 1 fully saturated rings. The van der Waals surface area contributed by atoms with Gasteiger partial charge in [0.25, 0.3) is 0 Å². The lowest BCUT2D eigenvalue weighted by molar-refractivity contribution is -0.140. The summed E-state index contributed by atoms with van der Waals surface area (Å²) in [5.74, 6) is 1.37. The Morgan fingerprint density at radius 3 is 2.75 bits per heavy atom. The summed E-state index contributed by atoms with van der Waals surface area (Å²) in [6.45, 7) is -0.0569. The number of thioether (sulfide) groups is 1. The van der Waals surface area contributed by atoms with Crippen molar-refractivity contribution in [2.45, 2.75) is 12.5 Å². The number of carboxylic acid groups (broad SMARTS) is 1. The Morgan fingerprint density at radius 2 is 2.25 bits per heavy atom. The van der Waals surface area contributed by atoms with E-state index in [1.807, 2.05) is 11.8 Å². The van der Waals surface area contributed by atoms with E-state index in [0.717, 1.165) is 17.9 Å². The number of amides is 2. The van der Waals surface area contributed by atoms with Crippen molar-refractivity contribution in [3.8, 4) is 0 Å². The quantitative estimate of drug-likeness (QED) is 0.525. The molecule has 1 saturated heterocycles. The van der Waals surface area contributed by atoms with Crippen molar-refractivity contribution in [2.24, 2.45) is 5.92 Å². The molecule has 1 unspecified atom stereocenters. The van der Waals surface area contributed by atoms with Gasteiger partial charge in [0.15, 0.2) is 6.04 Å². The van der Waals surface area contributed by atoms with Gasteiger partial charge in [-0.25, -0.2) is 9.59 Å². The van der Waals surface area contributed by atoms with Crippen molar-refractivity contribution >= 4 is 23.8 Å². The molecule has 1 aliphatic heterocycles. The second-order valence-electron chi connectivity index (χ2n) is 3.66. The Balaban J connectivity index is 2.21. The first-order valence-electron chi connectivity index (χ1n) is 5.09. The number of urea groups is 1. The molecule has 0 aromatic carbocycles. The Bertz CT molecular complexity index is 256. The largest absolute Gasteiger partial charge is 0.480 e. The fourth-order valence-electron chi connectivity index (χ4n) is 1.38. The average molecular weight is 248 g/mol. The minimum Gasteiger partial charge on any atom is -0.480 e. The highest BCUT2D eigenvalue weighted by molar-refractivity contribution is 7.99. The van der Waals surface area contributed by atoms with Gasteiger partial charge in [0, 0.05) is 6.54 Å². The highest BCUT2D eigenvalue weighted by Gasteiger charge is 2.20. The summed E-state index contributed by atoms with van der Waals surface area (Å²) in [5, 5.41) is 22.1. The monoisotopic (exact) mass is 248 g/mol. The minimum absolute atomic E-state index is 0.466. The van der Waals surface area contributed by atoms with Crippen LogP contribution in [0.3, 0.4) is 0 Å². The van der Waals surface area contributed by atoms with Gasteiger partial charge in [0.05, 0.1) is 6.61 Å². The molecule has 4 N–H and O–H groups in total. The molecule has 92 valence electrons. The fourth-order valence-corrected chi connectivity index (χ4v) is 2.66. The van der Waals surface area contributed by atoms with Gasteiger partial charge >= 0.3 is 12.0 Å². The molecule has 2 amide bonds. The Morgan fingerprint density at radius 1 is 1.50 bits per heavy atom. The SMILES string of the molecule is O=C(NCC1CCSC1)N[C@H](CO)C(=O)O. The van der Waals surface area contributed by atoms with Crippen LogP contribution in [0, 0.1) is 5.92 Å². The van der Waals surface area contributed by atoms with Crippen LogP contribution in [0.15, 0.2) is 0 Å². The number of aliphatic hydroxyl groups is 1. The van der Waals surface area contributed by atoms with E-state index in [4.69, 9.17) is 10.2 Å². The van der Waals surface area contributed by atoms with Crippen molar-refractivity contribution in [3.63, 3.8) is 0 Å². The van der Waals surface area contributed by atoms with Crippen LogP contribution in [0.5, 0.6) is 0 Å². The van der Waals surface area contributed by atoms with E-state index >= 15 is 0 Å². The van der Waals surface area contributed by atoms with Gasteiger partial charge < -0.3 is 20.8 Å². The maximum Gasteiger partial charge on any atom is 0.328 e. The Kier molecular flexibility index (Phi) is 5.41. The first-order chi connectivity index (χ1) is 7.63. The van der Waals surface area contributed by atoms with Crippen molar-refractivity contribution in [1.82, 2.24) is 10.6 Å². The number of aliphatic hydroxyl groups excluding tert-OH is 1. The van der Waals surface area contributed by atoms with Gasteiger partial charge in [0.2, 0.25) is 0 Å². The zero-order valence-electron chi connectivity index (χ0n) is 8.81. The van der Waals surface area contributed by atoms with Crippen LogP contribution in [0.25, 0.3) is 0 Å². The number of carboxylic acids is 1. The number of hydrogen-bond acceptors (Lipinski definition) is 4. The number of carbonyl (C=O) groups excluding carboxylic acids is 1. The number of hydrogen-bond donors (Lipinski definition) is 4. The van der Waals surface area contributed by atoms with Gasteiger partial charge in [-0.2, -0.15) is 11.8 Å². The van der Waals surface area contributed by atoms with Gasteiger partial charge in [-0.1, -0.05) is 0 Å². The summed E-state index contributed by atoms with van der Waals surface area (Å²) in [7, 11) is 0. The van der Waals surface area contributed by atoms with Crippen molar-refractivity contribution < 1.29 is 19.8 Å². The number of rotatable bonds is 5. The summed E-state index contributed by atoms with van der Waals surface area (Å²) >= 11 is 1.85. The minimum atomic E-state index is -1.24. The second kappa shape index (κ2) is 6.59. The molecule has 0 aliphatic carbocycles. The van der Waals surface area contributed by atoms with Crippen LogP contribution in [0.2, 0.25) is 0 Å². The molecule has 1 heterocycles. The third-order valence-corrected chi connectivity index (χ3v) is 3.59. The molecule has 1 aliphatic rings. The third-order valence-electron chi connectivity index (χ3n) is 2.36.